The van der Waals surface area contributed by atoms with Crippen molar-refractivity contribution in [1.82, 2.24) is 10.2 Å². The lowest BCUT2D eigenvalue weighted by atomic mass is 9.75. The zero-order valence-electron chi connectivity index (χ0n) is 12.2. The van der Waals surface area contributed by atoms with Crippen LogP contribution in [0.5, 0.6) is 0 Å². The van der Waals surface area contributed by atoms with Crippen LogP contribution in [0, 0.1) is 0 Å². The fourth-order valence-electron chi connectivity index (χ4n) is 2.96. The minimum Gasteiger partial charge on any atom is -0.480 e. The molecule has 1 aliphatic heterocycles. The molecule has 6 heteroatoms. The standard InChI is InChI=1S/C14H24N2O3S/c1-3-6-11-16(10(9-20-11)12(17)18)13(19)15-14(4-2)7-5-8-14/h10-11H,3-9H2,1-2H3,(H,15,19)(H,17,18). The van der Waals surface area contributed by atoms with Gasteiger partial charge in [0.15, 0.2) is 0 Å². The third-order valence-electron chi connectivity index (χ3n) is 4.51. The van der Waals surface area contributed by atoms with Crippen molar-refractivity contribution >= 4 is 23.8 Å². The van der Waals surface area contributed by atoms with Crippen molar-refractivity contribution in [2.75, 3.05) is 5.75 Å². The van der Waals surface area contributed by atoms with Crippen molar-refractivity contribution < 1.29 is 14.7 Å². The lowest BCUT2D eigenvalue weighted by Crippen LogP contribution is -2.59. The van der Waals surface area contributed by atoms with E-state index in [-0.39, 0.29) is 16.9 Å². The summed E-state index contributed by atoms with van der Waals surface area (Å²) in [6.07, 6.45) is 5.87. The summed E-state index contributed by atoms with van der Waals surface area (Å²) in [5.74, 6) is -0.405. The smallest absolute Gasteiger partial charge is 0.327 e. The van der Waals surface area contributed by atoms with Gasteiger partial charge in [-0.25, -0.2) is 9.59 Å². The number of carboxylic acids is 1. The molecule has 2 aliphatic rings. The highest BCUT2D eigenvalue weighted by molar-refractivity contribution is 8.00. The average molecular weight is 300 g/mol. The van der Waals surface area contributed by atoms with E-state index >= 15 is 0 Å². The first-order chi connectivity index (χ1) is 9.53. The quantitative estimate of drug-likeness (QED) is 0.819. The van der Waals surface area contributed by atoms with E-state index in [2.05, 4.69) is 19.2 Å². The lowest BCUT2D eigenvalue weighted by molar-refractivity contribution is -0.141. The van der Waals surface area contributed by atoms with E-state index < -0.39 is 12.0 Å². The summed E-state index contributed by atoms with van der Waals surface area (Å²) in [5, 5.41) is 12.4. The summed E-state index contributed by atoms with van der Waals surface area (Å²) in [6, 6.07) is -0.882. The number of rotatable bonds is 5. The third kappa shape index (κ3) is 2.90. The van der Waals surface area contributed by atoms with Gasteiger partial charge in [0.2, 0.25) is 0 Å². The Labute approximate surface area is 124 Å². The van der Waals surface area contributed by atoms with Gasteiger partial charge >= 0.3 is 12.0 Å². The monoisotopic (exact) mass is 300 g/mol. The van der Waals surface area contributed by atoms with Crippen molar-refractivity contribution in [2.24, 2.45) is 0 Å². The van der Waals surface area contributed by atoms with Crippen molar-refractivity contribution in [3.05, 3.63) is 0 Å². The van der Waals surface area contributed by atoms with Gasteiger partial charge in [-0.15, -0.1) is 11.8 Å². The Kier molecular flexibility index (Phi) is 4.83. The topological polar surface area (TPSA) is 69.6 Å². The number of hydrogen-bond donors (Lipinski definition) is 2. The predicted octanol–water partition coefficient (Wildman–Crippen LogP) is 2.66. The van der Waals surface area contributed by atoms with Gasteiger partial charge in [-0.1, -0.05) is 20.3 Å². The first kappa shape index (κ1) is 15.5. The summed E-state index contributed by atoms with van der Waals surface area (Å²) < 4.78 is 0. The van der Waals surface area contributed by atoms with E-state index in [0.29, 0.717) is 5.75 Å². The van der Waals surface area contributed by atoms with E-state index in [9.17, 15) is 14.7 Å². The van der Waals surface area contributed by atoms with Gasteiger partial charge in [-0.05, 0) is 32.1 Å². The van der Waals surface area contributed by atoms with E-state index in [1.165, 1.54) is 0 Å². The molecule has 2 amide bonds. The van der Waals surface area contributed by atoms with Crippen LogP contribution in [0.15, 0.2) is 0 Å². The molecule has 2 unspecified atom stereocenters. The third-order valence-corrected chi connectivity index (χ3v) is 5.86. The molecule has 5 nitrogen and oxygen atoms in total. The van der Waals surface area contributed by atoms with Crippen molar-refractivity contribution in [1.29, 1.82) is 0 Å². The fraction of sp³-hybridized carbons (Fsp3) is 0.857. The number of carbonyl (C=O) groups excluding carboxylic acids is 1. The highest BCUT2D eigenvalue weighted by atomic mass is 32.2. The zero-order chi connectivity index (χ0) is 14.8. The molecule has 2 N–H and O–H groups in total. The number of carboxylic acid groups (broad SMARTS) is 1. The number of aliphatic carboxylic acids is 1. The number of nitrogens with zero attached hydrogens (tertiary/aromatic N) is 1. The van der Waals surface area contributed by atoms with Gasteiger partial charge in [-0.3, -0.25) is 4.90 Å². The molecule has 114 valence electrons. The number of nitrogens with one attached hydrogen (secondary N) is 1. The molecule has 0 aromatic carbocycles. The van der Waals surface area contributed by atoms with Crippen LogP contribution in [0.1, 0.15) is 52.4 Å². The van der Waals surface area contributed by atoms with Gasteiger partial charge in [0.05, 0.1) is 5.37 Å². The number of urea groups is 1. The maximum absolute atomic E-state index is 12.6. The van der Waals surface area contributed by atoms with Crippen molar-refractivity contribution in [3.63, 3.8) is 0 Å². The van der Waals surface area contributed by atoms with Crippen LogP contribution in [-0.2, 0) is 4.79 Å². The number of amides is 2. The molecule has 2 rings (SSSR count). The van der Waals surface area contributed by atoms with E-state index in [4.69, 9.17) is 0 Å². The molecule has 1 heterocycles. The molecule has 2 fully saturated rings. The molecule has 1 saturated heterocycles. The molecule has 2 atom stereocenters. The number of thioether (sulfide) groups is 1. The Morgan fingerprint density at radius 2 is 2.10 bits per heavy atom. The summed E-state index contributed by atoms with van der Waals surface area (Å²) in [5.41, 5.74) is -0.0931. The van der Waals surface area contributed by atoms with Gasteiger partial charge in [0, 0.05) is 11.3 Å². The molecule has 0 radical (unpaired) electrons. The summed E-state index contributed by atoms with van der Waals surface area (Å²) in [7, 11) is 0. The molecular formula is C14H24N2O3S. The van der Waals surface area contributed by atoms with Crippen LogP contribution < -0.4 is 5.32 Å². The van der Waals surface area contributed by atoms with E-state index in [1.54, 1.807) is 16.7 Å². The highest BCUT2D eigenvalue weighted by Crippen LogP contribution is 2.37. The predicted molar refractivity (Wildman–Crippen MR) is 79.8 cm³/mol. The Morgan fingerprint density at radius 3 is 2.55 bits per heavy atom. The second kappa shape index (κ2) is 6.24. The Bertz CT molecular complexity index is 379. The van der Waals surface area contributed by atoms with Crippen LogP contribution in [0.25, 0.3) is 0 Å². The summed E-state index contributed by atoms with van der Waals surface area (Å²) in [6.45, 7) is 4.14. The van der Waals surface area contributed by atoms with Crippen LogP contribution in [0.2, 0.25) is 0 Å². The molecule has 0 spiro atoms. The number of carbonyl (C=O) groups is 2. The summed E-state index contributed by atoms with van der Waals surface area (Å²) >= 11 is 1.58. The van der Waals surface area contributed by atoms with Gasteiger partial charge in [0.1, 0.15) is 6.04 Å². The van der Waals surface area contributed by atoms with E-state index in [0.717, 1.165) is 38.5 Å². The van der Waals surface area contributed by atoms with Gasteiger partial charge in [0.25, 0.3) is 0 Å². The Balaban J connectivity index is 2.08. The first-order valence-corrected chi connectivity index (χ1v) is 8.53. The van der Waals surface area contributed by atoms with Crippen molar-refractivity contribution in [3.8, 4) is 0 Å². The summed E-state index contributed by atoms with van der Waals surface area (Å²) in [4.78, 5) is 25.5. The highest BCUT2D eigenvalue weighted by Gasteiger charge is 2.44. The van der Waals surface area contributed by atoms with Crippen LogP contribution in [0.4, 0.5) is 4.79 Å². The largest absolute Gasteiger partial charge is 0.480 e. The Morgan fingerprint density at radius 1 is 1.40 bits per heavy atom. The van der Waals surface area contributed by atoms with Crippen LogP contribution in [0.3, 0.4) is 0 Å². The minimum absolute atomic E-state index is 0.00455. The fourth-order valence-corrected chi connectivity index (χ4v) is 4.47. The maximum Gasteiger partial charge on any atom is 0.327 e. The molecule has 0 bridgehead atoms. The normalized spacial score (nSPS) is 28.0. The molecule has 20 heavy (non-hydrogen) atoms. The average Bonchev–Trinajstić information content (AvgIpc) is 2.78. The van der Waals surface area contributed by atoms with Crippen LogP contribution >= 0.6 is 11.8 Å². The number of hydrogen-bond acceptors (Lipinski definition) is 3. The Hall–Kier alpha value is -0.910. The second-order valence-electron chi connectivity index (χ2n) is 5.76. The molecule has 1 saturated carbocycles. The molecule has 0 aromatic heterocycles. The van der Waals surface area contributed by atoms with E-state index in [1.807, 2.05) is 0 Å². The SMILES string of the molecule is CCCC1SCC(C(=O)O)N1C(=O)NC1(CC)CCC1. The lowest BCUT2D eigenvalue weighted by Gasteiger charge is -2.43. The molecular weight excluding hydrogens is 276 g/mol. The van der Waals surface area contributed by atoms with Gasteiger partial charge in [-0.2, -0.15) is 0 Å². The van der Waals surface area contributed by atoms with Crippen molar-refractivity contribution in [2.45, 2.75) is 69.3 Å². The molecule has 0 aromatic rings. The minimum atomic E-state index is -0.898. The van der Waals surface area contributed by atoms with Gasteiger partial charge < -0.3 is 10.4 Å². The van der Waals surface area contributed by atoms with Crippen LogP contribution in [-0.4, -0.2) is 44.7 Å². The first-order valence-electron chi connectivity index (χ1n) is 7.48. The maximum atomic E-state index is 12.6. The molecule has 1 aliphatic carbocycles. The zero-order valence-corrected chi connectivity index (χ0v) is 13.0. The second-order valence-corrected chi connectivity index (χ2v) is 6.97.